The largest absolute Gasteiger partial charge is 0.360 e. The van der Waals surface area contributed by atoms with Crippen molar-refractivity contribution < 1.29 is 4.79 Å². The number of carbonyl (C=O) groups excluding carboxylic acids is 1. The molecule has 0 spiro atoms. The van der Waals surface area contributed by atoms with Crippen LogP contribution in [0.3, 0.4) is 0 Å². The minimum Gasteiger partial charge on any atom is -0.360 e. The lowest BCUT2D eigenvalue weighted by Crippen LogP contribution is -2.50. The molecule has 88 valence electrons. The normalized spacial score (nSPS) is 24.3. The van der Waals surface area contributed by atoms with Crippen LogP contribution in [0.15, 0.2) is 30.3 Å². The highest BCUT2D eigenvalue weighted by atomic mass is 16.2. The molecule has 0 bridgehead atoms. The zero-order valence-electron chi connectivity index (χ0n) is 9.57. The molecule has 1 amide bonds. The van der Waals surface area contributed by atoms with Gasteiger partial charge in [0.15, 0.2) is 0 Å². The molecular weight excluding hydrogens is 214 g/mol. The highest BCUT2D eigenvalue weighted by Crippen LogP contribution is 2.22. The molecule has 2 N–H and O–H groups in total. The van der Waals surface area contributed by atoms with Gasteiger partial charge in [-0.25, -0.2) is 0 Å². The van der Waals surface area contributed by atoms with Gasteiger partial charge in [-0.1, -0.05) is 18.2 Å². The van der Waals surface area contributed by atoms with E-state index in [0.29, 0.717) is 13.0 Å². The summed E-state index contributed by atoms with van der Waals surface area (Å²) in [5.41, 5.74) is -0.330. The lowest BCUT2D eigenvalue weighted by molar-refractivity contribution is -0.123. The maximum Gasteiger partial charge on any atom is 0.260 e. The minimum absolute atomic E-state index is 0.221. The SMILES string of the molecule is N#CC1(Nc2ccccc2)CCCCNC1=O. The summed E-state index contributed by atoms with van der Waals surface area (Å²) in [7, 11) is 0. The molecule has 1 unspecified atom stereocenters. The standard InChI is InChI=1S/C13H15N3O/c14-10-13(8-4-5-9-15-12(13)17)16-11-6-2-1-3-7-11/h1-3,6-7,16H,4-5,8-9H2,(H,15,17). The van der Waals surface area contributed by atoms with E-state index in [1.54, 1.807) is 0 Å². The van der Waals surface area contributed by atoms with Crippen LogP contribution < -0.4 is 10.6 Å². The van der Waals surface area contributed by atoms with Gasteiger partial charge < -0.3 is 10.6 Å². The average molecular weight is 229 g/mol. The second kappa shape index (κ2) is 4.88. The van der Waals surface area contributed by atoms with Crippen molar-refractivity contribution >= 4 is 11.6 Å². The molecule has 2 rings (SSSR count). The Morgan fingerprint density at radius 3 is 2.76 bits per heavy atom. The third-order valence-electron chi connectivity index (χ3n) is 2.97. The van der Waals surface area contributed by atoms with E-state index in [0.717, 1.165) is 18.5 Å². The molecule has 4 nitrogen and oxygen atoms in total. The van der Waals surface area contributed by atoms with Crippen LogP contribution in [0, 0.1) is 11.3 Å². The van der Waals surface area contributed by atoms with Crippen LogP contribution in [0.4, 0.5) is 5.69 Å². The quantitative estimate of drug-likeness (QED) is 0.810. The van der Waals surface area contributed by atoms with Gasteiger partial charge in [0.1, 0.15) is 6.07 Å². The Bertz CT molecular complexity index is 438. The first-order chi connectivity index (χ1) is 8.27. The number of hydrogen-bond acceptors (Lipinski definition) is 3. The number of para-hydroxylation sites is 1. The second-order valence-electron chi connectivity index (χ2n) is 4.22. The molecule has 1 aromatic rings. The van der Waals surface area contributed by atoms with Gasteiger partial charge in [0.05, 0.1) is 0 Å². The summed E-state index contributed by atoms with van der Waals surface area (Å²) >= 11 is 0. The van der Waals surface area contributed by atoms with Gasteiger partial charge >= 0.3 is 0 Å². The molecule has 17 heavy (non-hydrogen) atoms. The summed E-state index contributed by atoms with van der Waals surface area (Å²) in [6, 6.07) is 11.5. The lowest BCUT2D eigenvalue weighted by atomic mass is 9.94. The van der Waals surface area contributed by atoms with Gasteiger partial charge in [0.2, 0.25) is 5.54 Å². The van der Waals surface area contributed by atoms with Crippen molar-refractivity contribution in [2.45, 2.75) is 24.8 Å². The predicted octanol–water partition coefficient (Wildman–Crippen LogP) is 1.66. The molecule has 1 aromatic carbocycles. The molecule has 4 heteroatoms. The first-order valence-corrected chi connectivity index (χ1v) is 5.80. The summed E-state index contributed by atoms with van der Waals surface area (Å²) in [5, 5.41) is 15.2. The fourth-order valence-electron chi connectivity index (χ4n) is 2.00. The molecule has 0 aromatic heterocycles. The third-order valence-corrected chi connectivity index (χ3v) is 2.97. The average Bonchev–Trinajstić information content (AvgIpc) is 2.54. The van der Waals surface area contributed by atoms with Crippen LogP contribution in [0.2, 0.25) is 0 Å². The molecule has 1 heterocycles. The minimum atomic E-state index is -1.13. The molecule has 1 saturated heterocycles. The van der Waals surface area contributed by atoms with Gasteiger partial charge in [0, 0.05) is 12.2 Å². The zero-order valence-corrected chi connectivity index (χ0v) is 9.57. The van der Waals surface area contributed by atoms with Gasteiger partial charge in [-0.2, -0.15) is 5.26 Å². The number of nitrogens with one attached hydrogen (secondary N) is 2. The molecule has 1 fully saturated rings. The highest BCUT2D eigenvalue weighted by Gasteiger charge is 2.39. The Morgan fingerprint density at radius 1 is 1.29 bits per heavy atom. The van der Waals surface area contributed by atoms with Crippen molar-refractivity contribution in [2.24, 2.45) is 0 Å². The van der Waals surface area contributed by atoms with Crippen LogP contribution >= 0.6 is 0 Å². The Morgan fingerprint density at radius 2 is 2.06 bits per heavy atom. The fraction of sp³-hybridized carbons (Fsp3) is 0.385. The van der Waals surface area contributed by atoms with Crippen LogP contribution in [-0.4, -0.2) is 18.0 Å². The maximum absolute atomic E-state index is 12.0. The van der Waals surface area contributed by atoms with Crippen LogP contribution in [0.1, 0.15) is 19.3 Å². The number of nitriles is 1. The molecular formula is C13H15N3O. The van der Waals surface area contributed by atoms with Crippen LogP contribution in [-0.2, 0) is 4.79 Å². The summed E-state index contributed by atoms with van der Waals surface area (Å²) in [6.07, 6.45) is 2.34. The smallest absolute Gasteiger partial charge is 0.260 e. The van der Waals surface area contributed by atoms with Gasteiger partial charge in [-0.15, -0.1) is 0 Å². The number of hydrogen-bond donors (Lipinski definition) is 2. The fourth-order valence-corrected chi connectivity index (χ4v) is 2.00. The van der Waals surface area contributed by atoms with E-state index in [1.165, 1.54) is 0 Å². The summed E-state index contributed by atoms with van der Waals surface area (Å²) < 4.78 is 0. The van der Waals surface area contributed by atoms with E-state index in [9.17, 15) is 10.1 Å². The van der Waals surface area contributed by atoms with E-state index in [-0.39, 0.29) is 5.91 Å². The summed E-state index contributed by atoms with van der Waals surface area (Å²) in [6.45, 7) is 0.652. The van der Waals surface area contributed by atoms with Crippen molar-refractivity contribution in [3.63, 3.8) is 0 Å². The first-order valence-electron chi connectivity index (χ1n) is 5.80. The first kappa shape index (κ1) is 11.5. The third kappa shape index (κ3) is 2.39. The number of nitrogens with zero attached hydrogens (tertiary/aromatic N) is 1. The second-order valence-corrected chi connectivity index (χ2v) is 4.22. The predicted molar refractivity (Wildman–Crippen MR) is 65.3 cm³/mol. The van der Waals surface area contributed by atoms with Gasteiger partial charge in [-0.05, 0) is 31.4 Å². The van der Waals surface area contributed by atoms with Crippen molar-refractivity contribution in [1.29, 1.82) is 5.26 Å². The number of amides is 1. The maximum atomic E-state index is 12.0. The Labute approximate surface area is 101 Å². The molecule has 0 aliphatic carbocycles. The van der Waals surface area contributed by atoms with Crippen molar-refractivity contribution in [2.75, 3.05) is 11.9 Å². The molecule has 0 saturated carbocycles. The van der Waals surface area contributed by atoms with E-state index >= 15 is 0 Å². The highest BCUT2D eigenvalue weighted by molar-refractivity contribution is 5.92. The molecule has 1 aliphatic heterocycles. The van der Waals surface area contributed by atoms with E-state index < -0.39 is 5.54 Å². The van der Waals surface area contributed by atoms with Crippen molar-refractivity contribution in [1.82, 2.24) is 5.32 Å². The number of carbonyl (C=O) groups is 1. The summed E-state index contributed by atoms with van der Waals surface area (Å²) in [4.78, 5) is 12.0. The Kier molecular flexibility index (Phi) is 3.29. The summed E-state index contributed by atoms with van der Waals surface area (Å²) in [5.74, 6) is -0.221. The lowest BCUT2D eigenvalue weighted by Gasteiger charge is -2.25. The monoisotopic (exact) mass is 229 g/mol. The molecule has 1 atom stereocenters. The topological polar surface area (TPSA) is 64.9 Å². The van der Waals surface area contributed by atoms with E-state index in [4.69, 9.17) is 0 Å². The molecule has 0 radical (unpaired) electrons. The molecule has 1 aliphatic rings. The number of rotatable bonds is 2. The van der Waals surface area contributed by atoms with Crippen LogP contribution in [0.25, 0.3) is 0 Å². The van der Waals surface area contributed by atoms with Gasteiger partial charge in [-0.3, -0.25) is 4.79 Å². The van der Waals surface area contributed by atoms with E-state index in [2.05, 4.69) is 16.7 Å². The number of benzene rings is 1. The zero-order chi connectivity index (χ0) is 12.1. The van der Waals surface area contributed by atoms with Crippen LogP contribution in [0.5, 0.6) is 0 Å². The van der Waals surface area contributed by atoms with E-state index in [1.807, 2.05) is 30.3 Å². The Balaban J connectivity index is 2.24. The van der Waals surface area contributed by atoms with Gasteiger partial charge in [0.25, 0.3) is 5.91 Å². The Hall–Kier alpha value is -2.02. The van der Waals surface area contributed by atoms with Crippen molar-refractivity contribution in [3.05, 3.63) is 30.3 Å². The number of anilines is 1. The van der Waals surface area contributed by atoms with Crippen molar-refractivity contribution in [3.8, 4) is 6.07 Å².